The third kappa shape index (κ3) is 10.3. The summed E-state index contributed by atoms with van der Waals surface area (Å²) in [6.07, 6.45) is 2.51. The number of rotatable bonds is 2. The summed E-state index contributed by atoms with van der Waals surface area (Å²) in [5, 5.41) is 4.24. The molecule has 0 atom stereocenters. The van der Waals surface area contributed by atoms with Gasteiger partial charge >= 0.3 is 6.09 Å². The lowest BCUT2D eigenvalue weighted by Gasteiger charge is -2.22. The molecule has 0 aliphatic carbocycles. The Balaban J connectivity index is 0. The van der Waals surface area contributed by atoms with Crippen molar-refractivity contribution in [2.45, 2.75) is 40.2 Å². The maximum absolute atomic E-state index is 11.5. The summed E-state index contributed by atoms with van der Waals surface area (Å²) in [7, 11) is 3.43. The van der Waals surface area contributed by atoms with Crippen LogP contribution in [-0.4, -0.2) is 44.5 Å². The molecule has 2 aromatic heterocycles. The Labute approximate surface area is 158 Å². The average molecular weight is 398 g/mol. The van der Waals surface area contributed by atoms with Crippen molar-refractivity contribution < 1.29 is 10.9 Å². The average Bonchev–Trinajstić information content (AvgIpc) is 3.19. The van der Waals surface area contributed by atoms with Gasteiger partial charge in [-0.1, -0.05) is 13.8 Å². The number of halogens is 1. The highest BCUT2D eigenvalue weighted by Gasteiger charge is 2.21. The summed E-state index contributed by atoms with van der Waals surface area (Å²) >= 11 is 2.50. The van der Waals surface area contributed by atoms with Gasteiger partial charge in [0.1, 0.15) is 18.3 Å². The smallest absolute Gasteiger partial charge is 0.416 e. The fraction of sp³-hybridized carbons (Fsp3) is 0.615. The lowest BCUT2D eigenvalue weighted by atomic mass is 10.2. The SMILES string of the molecule is CN(C(=O)OC(C)(C)C)c1ncns1.CNc1ncns1.Cl.[2H]CC. The molecule has 0 aliphatic rings. The number of nitrogens with one attached hydrogen (secondary N) is 1. The van der Waals surface area contributed by atoms with Crippen LogP contribution in [-0.2, 0) is 4.74 Å². The first-order valence-corrected chi connectivity index (χ1v) is 8.26. The van der Waals surface area contributed by atoms with Gasteiger partial charge in [0.25, 0.3) is 0 Å². The zero-order valence-corrected chi connectivity index (χ0v) is 17.1. The molecule has 0 fully saturated rings. The molecule has 8 nitrogen and oxygen atoms in total. The molecular formula is C13H25ClN6O2S2. The highest BCUT2D eigenvalue weighted by atomic mass is 35.5. The van der Waals surface area contributed by atoms with Crippen molar-refractivity contribution in [2.24, 2.45) is 0 Å². The molecule has 1 N–H and O–H groups in total. The fourth-order valence-electron chi connectivity index (χ4n) is 1.01. The predicted molar refractivity (Wildman–Crippen MR) is 103 cm³/mol. The van der Waals surface area contributed by atoms with Crippen LogP contribution in [0.1, 0.15) is 36.0 Å². The molecular weight excluding hydrogens is 372 g/mol. The van der Waals surface area contributed by atoms with E-state index in [1.54, 1.807) is 14.0 Å². The Morgan fingerprint density at radius 2 is 1.83 bits per heavy atom. The molecule has 0 saturated carbocycles. The van der Waals surface area contributed by atoms with Crippen molar-refractivity contribution in [3.63, 3.8) is 0 Å². The fourth-order valence-corrected chi connectivity index (χ4v) is 1.87. The van der Waals surface area contributed by atoms with Crippen LogP contribution in [0.2, 0.25) is 0 Å². The van der Waals surface area contributed by atoms with Crippen molar-refractivity contribution in [3.8, 4) is 0 Å². The van der Waals surface area contributed by atoms with E-state index in [0.717, 1.165) is 16.7 Å². The summed E-state index contributed by atoms with van der Waals surface area (Å²) in [5.74, 6) is 0. The predicted octanol–water partition coefficient (Wildman–Crippen LogP) is 3.94. The summed E-state index contributed by atoms with van der Waals surface area (Å²) < 4.78 is 18.9. The number of aromatic nitrogens is 4. The van der Waals surface area contributed by atoms with Gasteiger partial charge in [0.15, 0.2) is 0 Å². The van der Waals surface area contributed by atoms with E-state index in [2.05, 4.69) is 24.0 Å². The molecule has 0 bridgehead atoms. The minimum atomic E-state index is -0.490. The second kappa shape index (κ2) is 12.8. The quantitative estimate of drug-likeness (QED) is 0.820. The van der Waals surface area contributed by atoms with E-state index in [1.165, 1.54) is 29.1 Å². The zero-order chi connectivity index (χ0) is 18.6. The molecule has 0 aliphatic heterocycles. The van der Waals surface area contributed by atoms with Crippen LogP contribution in [0, 0.1) is 0 Å². The van der Waals surface area contributed by atoms with E-state index < -0.39 is 11.7 Å². The first-order valence-electron chi connectivity index (χ1n) is 7.42. The van der Waals surface area contributed by atoms with Crippen molar-refractivity contribution in [1.82, 2.24) is 18.7 Å². The molecule has 11 heteroatoms. The Morgan fingerprint density at radius 3 is 2.17 bits per heavy atom. The van der Waals surface area contributed by atoms with Crippen molar-refractivity contribution in [2.75, 3.05) is 24.3 Å². The first kappa shape index (κ1) is 22.5. The molecule has 0 spiro atoms. The Kier molecular flexibility index (Phi) is 12.0. The standard InChI is InChI=1S/C8H13N3O2S.C3H5N3S.C2H6.ClH/c1-8(2,3)13-7(12)11(4)6-9-5-10-14-6;1-4-3-5-2-6-7-3;1-2;/h5H,1-4H3;2H,1H3,(H,4,5,6);1-2H3;1H/i;;1D;. The van der Waals surface area contributed by atoms with Gasteiger partial charge in [-0.15, -0.1) is 12.4 Å². The molecule has 1 amide bonds. The number of carbonyl (C=O) groups is 1. The van der Waals surface area contributed by atoms with Crippen LogP contribution < -0.4 is 10.2 Å². The van der Waals surface area contributed by atoms with Gasteiger partial charge in [-0.05, 0) is 20.8 Å². The lowest BCUT2D eigenvalue weighted by molar-refractivity contribution is 0.0589. The lowest BCUT2D eigenvalue weighted by Crippen LogP contribution is -2.34. The summed E-state index contributed by atoms with van der Waals surface area (Å²) in [6, 6.07) is 0. The van der Waals surface area contributed by atoms with E-state index in [-0.39, 0.29) is 12.4 Å². The molecule has 0 radical (unpaired) electrons. The van der Waals surface area contributed by atoms with Crippen molar-refractivity contribution in [3.05, 3.63) is 12.7 Å². The van der Waals surface area contributed by atoms with E-state index >= 15 is 0 Å². The van der Waals surface area contributed by atoms with Gasteiger partial charge in [0, 0.05) is 38.5 Å². The van der Waals surface area contributed by atoms with Crippen LogP contribution in [0.15, 0.2) is 12.7 Å². The molecule has 2 rings (SSSR count). The van der Waals surface area contributed by atoms with Crippen molar-refractivity contribution in [1.29, 1.82) is 0 Å². The van der Waals surface area contributed by atoms with Gasteiger partial charge in [-0.3, -0.25) is 4.90 Å². The normalized spacial score (nSPS) is 9.83. The molecule has 0 aromatic carbocycles. The number of hydrogen-bond acceptors (Lipinski definition) is 9. The van der Waals surface area contributed by atoms with Gasteiger partial charge in [0.05, 0.1) is 0 Å². The van der Waals surface area contributed by atoms with Gasteiger partial charge in [0.2, 0.25) is 10.3 Å². The third-order valence-electron chi connectivity index (χ3n) is 1.88. The molecule has 138 valence electrons. The summed E-state index contributed by atoms with van der Waals surface area (Å²) in [5.41, 5.74) is -0.490. The van der Waals surface area contributed by atoms with Crippen LogP contribution in [0.3, 0.4) is 0 Å². The molecule has 24 heavy (non-hydrogen) atoms. The number of nitrogens with zero attached hydrogens (tertiary/aromatic N) is 5. The largest absolute Gasteiger partial charge is 0.443 e. The van der Waals surface area contributed by atoms with Gasteiger partial charge in [-0.2, -0.15) is 8.75 Å². The Hall–Kier alpha value is -1.52. The molecule has 2 aromatic rings. The van der Waals surface area contributed by atoms with E-state index in [4.69, 9.17) is 6.11 Å². The minimum Gasteiger partial charge on any atom is -0.443 e. The Morgan fingerprint density at radius 1 is 1.29 bits per heavy atom. The number of hydrogen-bond donors (Lipinski definition) is 1. The monoisotopic (exact) mass is 397 g/mol. The highest BCUT2D eigenvalue weighted by molar-refractivity contribution is 7.10. The van der Waals surface area contributed by atoms with E-state index in [9.17, 15) is 4.79 Å². The molecule has 2 heterocycles. The number of anilines is 2. The summed E-state index contributed by atoms with van der Waals surface area (Å²) in [6.45, 7) is 7.75. The maximum atomic E-state index is 11.5. The van der Waals surface area contributed by atoms with Crippen LogP contribution >= 0.6 is 35.5 Å². The number of amides is 1. The van der Waals surface area contributed by atoms with E-state index in [0.29, 0.717) is 12.0 Å². The van der Waals surface area contributed by atoms with Gasteiger partial charge < -0.3 is 10.1 Å². The topological polar surface area (TPSA) is 93.1 Å². The second-order valence-corrected chi connectivity index (χ2v) is 6.30. The third-order valence-corrected chi connectivity index (χ3v) is 3.30. The van der Waals surface area contributed by atoms with Crippen LogP contribution in [0.5, 0.6) is 0 Å². The molecule has 0 saturated heterocycles. The van der Waals surface area contributed by atoms with Crippen molar-refractivity contribution >= 4 is 51.8 Å². The first-order chi connectivity index (χ1) is 11.2. The maximum Gasteiger partial charge on any atom is 0.416 e. The van der Waals surface area contributed by atoms with Crippen LogP contribution in [0.4, 0.5) is 15.1 Å². The van der Waals surface area contributed by atoms with Gasteiger partial charge in [-0.25, -0.2) is 14.8 Å². The second-order valence-electron chi connectivity index (χ2n) is 4.76. The highest BCUT2D eigenvalue weighted by Crippen LogP contribution is 2.16. The number of ether oxygens (including phenoxy) is 1. The summed E-state index contributed by atoms with van der Waals surface area (Å²) in [4.78, 5) is 20.6. The molecule has 0 unspecified atom stereocenters. The minimum absolute atomic E-state index is 0. The van der Waals surface area contributed by atoms with E-state index in [1.807, 2.05) is 27.8 Å². The number of carbonyl (C=O) groups excluding carboxylic acids is 1. The zero-order valence-electron chi connectivity index (χ0n) is 15.6. The van der Waals surface area contributed by atoms with Crippen LogP contribution in [0.25, 0.3) is 0 Å². The Bertz CT molecular complexity index is 551.